The predicted octanol–water partition coefficient (Wildman–Crippen LogP) is 2.33. The Morgan fingerprint density at radius 1 is 1.40 bits per heavy atom. The van der Waals surface area contributed by atoms with E-state index in [0.29, 0.717) is 18.5 Å². The van der Waals surface area contributed by atoms with Gasteiger partial charge in [-0.2, -0.15) is 0 Å². The molecule has 6 nitrogen and oxygen atoms in total. The highest BCUT2D eigenvalue weighted by Gasteiger charge is 2.13. The lowest BCUT2D eigenvalue weighted by atomic mass is 9.96. The number of rotatable bonds is 4. The summed E-state index contributed by atoms with van der Waals surface area (Å²) in [6.45, 7) is 0.354. The van der Waals surface area contributed by atoms with Gasteiger partial charge in [-0.15, -0.1) is 0 Å². The SMILES string of the molecule is NC(=NCc1cccc([N+](=O)[O-])c1)NC1CCCCC1. The van der Waals surface area contributed by atoms with Crippen molar-refractivity contribution in [2.24, 2.45) is 10.7 Å². The summed E-state index contributed by atoms with van der Waals surface area (Å²) in [6.07, 6.45) is 6.02. The van der Waals surface area contributed by atoms with Gasteiger partial charge in [0.1, 0.15) is 0 Å². The molecule has 1 aromatic rings. The predicted molar refractivity (Wildman–Crippen MR) is 78.4 cm³/mol. The molecule has 2 rings (SSSR count). The first kappa shape index (κ1) is 14.3. The number of nitrogens with one attached hydrogen (secondary N) is 1. The molecular weight excluding hydrogens is 256 g/mol. The third kappa shape index (κ3) is 4.22. The van der Waals surface area contributed by atoms with E-state index in [2.05, 4.69) is 10.3 Å². The van der Waals surface area contributed by atoms with Crippen molar-refractivity contribution in [3.8, 4) is 0 Å². The smallest absolute Gasteiger partial charge is 0.269 e. The average molecular weight is 276 g/mol. The van der Waals surface area contributed by atoms with Crippen molar-refractivity contribution in [2.45, 2.75) is 44.7 Å². The number of nitrogens with two attached hydrogens (primary N) is 1. The van der Waals surface area contributed by atoms with Gasteiger partial charge in [0.25, 0.3) is 5.69 Å². The monoisotopic (exact) mass is 276 g/mol. The van der Waals surface area contributed by atoms with Crippen LogP contribution in [0.15, 0.2) is 29.3 Å². The van der Waals surface area contributed by atoms with Crippen LogP contribution in [0.4, 0.5) is 5.69 Å². The Hall–Kier alpha value is -2.11. The molecule has 0 radical (unpaired) electrons. The summed E-state index contributed by atoms with van der Waals surface area (Å²) in [4.78, 5) is 14.5. The molecule has 0 aliphatic heterocycles. The summed E-state index contributed by atoms with van der Waals surface area (Å²) < 4.78 is 0. The van der Waals surface area contributed by atoms with Gasteiger partial charge in [0, 0.05) is 18.2 Å². The van der Waals surface area contributed by atoms with E-state index in [-0.39, 0.29) is 5.69 Å². The second kappa shape index (κ2) is 6.88. The number of hydrogen-bond donors (Lipinski definition) is 2. The third-order valence-corrected chi connectivity index (χ3v) is 3.51. The van der Waals surface area contributed by atoms with Crippen LogP contribution in [0, 0.1) is 10.1 Å². The fourth-order valence-electron chi connectivity index (χ4n) is 2.45. The minimum atomic E-state index is -0.406. The van der Waals surface area contributed by atoms with E-state index in [1.54, 1.807) is 6.07 Å². The van der Waals surface area contributed by atoms with Crippen LogP contribution in [0.5, 0.6) is 0 Å². The standard InChI is InChI=1S/C14H20N4O2/c15-14(17-12-6-2-1-3-7-12)16-10-11-5-4-8-13(9-11)18(19)20/h4-5,8-9,12H,1-3,6-7,10H2,(H3,15,16,17). The Morgan fingerprint density at radius 2 is 2.15 bits per heavy atom. The van der Waals surface area contributed by atoms with Crippen molar-refractivity contribution in [1.29, 1.82) is 0 Å². The fourth-order valence-corrected chi connectivity index (χ4v) is 2.45. The molecule has 0 heterocycles. The second-order valence-corrected chi connectivity index (χ2v) is 5.11. The molecule has 1 aromatic carbocycles. The Bertz CT molecular complexity index is 496. The van der Waals surface area contributed by atoms with Gasteiger partial charge >= 0.3 is 0 Å². The average Bonchev–Trinajstić information content (AvgIpc) is 2.46. The van der Waals surface area contributed by atoms with Crippen molar-refractivity contribution in [1.82, 2.24) is 5.32 Å². The molecule has 1 fully saturated rings. The molecule has 3 N–H and O–H groups in total. The highest BCUT2D eigenvalue weighted by molar-refractivity contribution is 5.78. The lowest BCUT2D eigenvalue weighted by Gasteiger charge is -2.23. The molecule has 0 amide bonds. The molecule has 1 aliphatic rings. The zero-order valence-corrected chi connectivity index (χ0v) is 11.4. The molecule has 1 aliphatic carbocycles. The van der Waals surface area contributed by atoms with E-state index in [1.165, 1.54) is 31.4 Å². The van der Waals surface area contributed by atoms with Crippen LogP contribution in [0.2, 0.25) is 0 Å². The molecule has 0 unspecified atom stereocenters. The zero-order chi connectivity index (χ0) is 14.4. The van der Waals surface area contributed by atoms with Crippen molar-refractivity contribution < 1.29 is 4.92 Å². The van der Waals surface area contributed by atoms with E-state index in [4.69, 9.17) is 5.73 Å². The summed E-state index contributed by atoms with van der Waals surface area (Å²) in [6, 6.07) is 6.88. The largest absolute Gasteiger partial charge is 0.370 e. The molecule has 1 saturated carbocycles. The van der Waals surface area contributed by atoms with E-state index < -0.39 is 4.92 Å². The molecule has 0 spiro atoms. The van der Waals surface area contributed by atoms with Gasteiger partial charge in [-0.25, -0.2) is 4.99 Å². The minimum Gasteiger partial charge on any atom is -0.370 e. The van der Waals surface area contributed by atoms with Crippen LogP contribution in [0.1, 0.15) is 37.7 Å². The van der Waals surface area contributed by atoms with Gasteiger partial charge < -0.3 is 11.1 Å². The summed E-state index contributed by atoms with van der Waals surface area (Å²) in [5, 5.41) is 13.9. The highest BCUT2D eigenvalue weighted by atomic mass is 16.6. The number of benzene rings is 1. The minimum absolute atomic E-state index is 0.0801. The molecular formula is C14H20N4O2. The van der Waals surface area contributed by atoms with Gasteiger partial charge in [0.15, 0.2) is 5.96 Å². The highest BCUT2D eigenvalue weighted by Crippen LogP contribution is 2.17. The van der Waals surface area contributed by atoms with Gasteiger partial charge in [0.2, 0.25) is 0 Å². The summed E-state index contributed by atoms with van der Waals surface area (Å²) in [5.74, 6) is 0.420. The summed E-state index contributed by atoms with van der Waals surface area (Å²) in [5.41, 5.74) is 6.72. The number of nitro groups is 1. The van der Waals surface area contributed by atoms with Gasteiger partial charge in [-0.3, -0.25) is 10.1 Å². The maximum atomic E-state index is 10.7. The molecule has 0 saturated heterocycles. The summed E-state index contributed by atoms with van der Waals surface area (Å²) >= 11 is 0. The number of guanidine groups is 1. The number of non-ortho nitro benzene ring substituents is 1. The van der Waals surface area contributed by atoms with Gasteiger partial charge in [0.05, 0.1) is 11.5 Å². The lowest BCUT2D eigenvalue weighted by Crippen LogP contribution is -2.41. The maximum Gasteiger partial charge on any atom is 0.269 e. The number of aliphatic imine (C=N–C) groups is 1. The normalized spacial score (nSPS) is 16.9. The zero-order valence-electron chi connectivity index (χ0n) is 11.4. The van der Waals surface area contributed by atoms with Crippen LogP contribution in [0.3, 0.4) is 0 Å². The van der Waals surface area contributed by atoms with Gasteiger partial charge in [-0.1, -0.05) is 31.4 Å². The van der Waals surface area contributed by atoms with E-state index in [9.17, 15) is 10.1 Å². The molecule has 20 heavy (non-hydrogen) atoms. The Labute approximate surface area is 118 Å². The number of nitro benzene ring substituents is 1. The van der Waals surface area contributed by atoms with Crippen molar-refractivity contribution in [3.63, 3.8) is 0 Å². The first-order valence-electron chi connectivity index (χ1n) is 6.95. The molecule has 0 bridgehead atoms. The van der Waals surface area contributed by atoms with Crippen molar-refractivity contribution in [3.05, 3.63) is 39.9 Å². The topological polar surface area (TPSA) is 93.5 Å². The molecule has 6 heteroatoms. The van der Waals surface area contributed by atoms with Crippen LogP contribution in [0.25, 0.3) is 0 Å². The maximum absolute atomic E-state index is 10.7. The third-order valence-electron chi connectivity index (χ3n) is 3.51. The number of hydrogen-bond acceptors (Lipinski definition) is 3. The Kier molecular flexibility index (Phi) is 4.92. The second-order valence-electron chi connectivity index (χ2n) is 5.11. The number of nitrogens with zero attached hydrogens (tertiary/aromatic N) is 2. The van der Waals surface area contributed by atoms with Crippen molar-refractivity contribution >= 4 is 11.6 Å². The Balaban J connectivity index is 1.90. The first-order valence-corrected chi connectivity index (χ1v) is 6.95. The van der Waals surface area contributed by atoms with E-state index in [0.717, 1.165) is 18.4 Å². The lowest BCUT2D eigenvalue weighted by molar-refractivity contribution is -0.384. The van der Waals surface area contributed by atoms with Crippen LogP contribution in [-0.4, -0.2) is 16.9 Å². The van der Waals surface area contributed by atoms with E-state index in [1.807, 2.05) is 6.07 Å². The first-order chi connectivity index (χ1) is 9.65. The van der Waals surface area contributed by atoms with E-state index >= 15 is 0 Å². The molecule has 108 valence electrons. The molecule has 0 aromatic heterocycles. The Morgan fingerprint density at radius 3 is 2.85 bits per heavy atom. The summed E-state index contributed by atoms with van der Waals surface area (Å²) in [7, 11) is 0. The fraction of sp³-hybridized carbons (Fsp3) is 0.500. The van der Waals surface area contributed by atoms with Crippen LogP contribution < -0.4 is 11.1 Å². The van der Waals surface area contributed by atoms with Gasteiger partial charge in [-0.05, 0) is 18.4 Å². The molecule has 0 atom stereocenters. The van der Waals surface area contributed by atoms with Crippen LogP contribution in [-0.2, 0) is 6.54 Å². The van der Waals surface area contributed by atoms with Crippen molar-refractivity contribution in [2.75, 3.05) is 0 Å². The van der Waals surface area contributed by atoms with Crippen LogP contribution >= 0.6 is 0 Å². The quantitative estimate of drug-likeness (QED) is 0.382.